The van der Waals surface area contributed by atoms with Crippen LogP contribution < -0.4 is 5.56 Å². The minimum atomic E-state index is -0.278. The first-order valence-electron chi connectivity index (χ1n) is 8.24. The number of aromatic nitrogens is 3. The van der Waals surface area contributed by atoms with Crippen molar-refractivity contribution in [3.63, 3.8) is 0 Å². The number of hydrogen-bond acceptors (Lipinski definition) is 5. The third-order valence-electron chi connectivity index (χ3n) is 4.36. The molecule has 1 amide bonds. The summed E-state index contributed by atoms with van der Waals surface area (Å²) in [7, 11) is 4.93. The topological polar surface area (TPSA) is 82.0 Å². The second kappa shape index (κ2) is 6.80. The Kier molecular flexibility index (Phi) is 4.69. The summed E-state index contributed by atoms with van der Waals surface area (Å²) in [6, 6.07) is 1.89. The van der Waals surface area contributed by atoms with Crippen molar-refractivity contribution in [2.24, 2.45) is 7.05 Å². The first kappa shape index (κ1) is 17.9. The van der Waals surface area contributed by atoms with Gasteiger partial charge in [0.2, 0.25) is 5.65 Å². The third kappa shape index (κ3) is 3.03. The second-order valence-corrected chi connectivity index (χ2v) is 6.28. The predicted octanol–water partition coefficient (Wildman–Crippen LogP) is 1.63. The van der Waals surface area contributed by atoms with E-state index >= 15 is 0 Å². The molecule has 0 spiro atoms. The van der Waals surface area contributed by atoms with Crippen LogP contribution in [0.2, 0.25) is 0 Å². The van der Waals surface area contributed by atoms with Gasteiger partial charge >= 0.3 is 0 Å². The van der Waals surface area contributed by atoms with E-state index in [0.29, 0.717) is 18.8 Å². The number of hydrogen-bond donors (Lipinski definition) is 0. The van der Waals surface area contributed by atoms with Gasteiger partial charge in [0.05, 0.1) is 12.3 Å². The van der Waals surface area contributed by atoms with Crippen molar-refractivity contribution in [3.05, 3.63) is 46.0 Å². The van der Waals surface area contributed by atoms with E-state index in [1.165, 1.54) is 9.47 Å². The van der Waals surface area contributed by atoms with Gasteiger partial charge in [-0.05, 0) is 19.9 Å². The number of furan rings is 1. The molecule has 0 unspecified atom stereocenters. The molecule has 3 rings (SSSR count). The van der Waals surface area contributed by atoms with Crippen LogP contribution in [-0.2, 0) is 11.8 Å². The average Bonchev–Trinajstić information content (AvgIpc) is 3.18. The number of rotatable bonds is 5. The van der Waals surface area contributed by atoms with E-state index in [9.17, 15) is 9.59 Å². The standard InChI is InChI=1S/C18H22N4O4/c1-11-8-13(12(2)26-11)15-10-22-9-14(17(23)20(3)6-7-25-5)19-16(22)18(24)21(15)4/h8-10H,6-7H2,1-5H3. The summed E-state index contributed by atoms with van der Waals surface area (Å²) in [5.41, 5.74) is 1.68. The van der Waals surface area contributed by atoms with Gasteiger partial charge in [0, 0.05) is 45.7 Å². The minimum absolute atomic E-state index is 0.206. The summed E-state index contributed by atoms with van der Waals surface area (Å²) in [6.45, 7) is 4.59. The van der Waals surface area contributed by atoms with Gasteiger partial charge in [-0.15, -0.1) is 0 Å². The maximum absolute atomic E-state index is 12.7. The first-order valence-corrected chi connectivity index (χ1v) is 8.24. The van der Waals surface area contributed by atoms with E-state index in [2.05, 4.69) is 4.98 Å². The van der Waals surface area contributed by atoms with Crippen LogP contribution >= 0.6 is 0 Å². The van der Waals surface area contributed by atoms with E-state index in [-0.39, 0.29) is 22.8 Å². The highest BCUT2D eigenvalue weighted by Gasteiger charge is 2.19. The Balaban J connectivity index is 2.08. The average molecular weight is 358 g/mol. The largest absolute Gasteiger partial charge is 0.466 e. The van der Waals surface area contributed by atoms with Crippen LogP contribution in [0.15, 0.2) is 27.7 Å². The highest BCUT2D eigenvalue weighted by atomic mass is 16.5. The fraction of sp³-hybridized carbons (Fsp3) is 0.389. The Labute approximate surface area is 150 Å². The molecule has 0 fully saturated rings. The number of carbonyl (C=O) groups is 1. The monoisotopic (exact) mass is 358 g/mol. The lowest BCUT2D eigenvalue weighted by Crippen LogP contribution is -2.30. The zero-order valence-electron chi connectivity index (χ0n) is 15.6. The number of likely N-dealkylation sites (N-methyl/N-ethyl adjacent to an activating group) is 1. The van der Waals surface area contributed by atoms with Gasteiger partial charge in [0.25, 0.3) is 11.5 Å². The normalized spacial score (nSPS) is 11.3. The number of fused-ring (bicyclic) bond motifs is 1. The van der Waals surface area contributed by atoms with Crippen molar-refractivity contribution >= 4 is 11.6 Å². The molecule has 0 bridgehead atoms. The molecule has 0 N–H and O–H groups in total. The molecule has 0 aromatic carbocycles. The zero-order valence-corrected chi connectivity index (χ0v) is 15.6. The molecule has 0 atom stereocenters. The lowest BCUT2D eigenvalue weighted by Gasteiger charge is -2.14. The van der Waals surface area contributed by atoms with Crippen LogP contribution in [0.3, 0.4) is 0 Å². The van der Waals surface area contributed by atoms with E-state index < -0.39 is 0 Å². The van der Waals surface area contributed by atoms with Crippen LogP contribution in [0.25, 0.3) is 16.9 Å². The van der Waals surface area contributed by atoms with Crippen molar-refractivity contribution in [1.82, 2.24) is 18.9 Å². The van der Waals surface area contributed by atoms with Crippen molar-refractivity contribution in [2.45, 2.75) is 13.8 Å². The Bertz CT molecular complexity index is 1030. The Morgan fingerprint density at radius 2 is 2.08 bits per heavy atom. The lowest BCUT2D eigenvalue weighted by atomic mass is 10.2. The molecule has 138 valence electrons. The maximum atomic E-state index is 12.7. The van der Waals surface area contributed by atoms with Gasteiger partial charge in [-0.2, -0.15) is 0 Å². The van der Waals surface area contributed by atoms with Gasteiger partial charge in [0.15, 0.2) is 0 Å². The molecule has 0 aliphatic heterocycles. The number of methoxy groups -OCH3 is 1. The van der Waals surface area contributed by atoms with Gasteiger partial charge in [-0.1, -0.05) is 0 Å². The Hall–Kier alpha value is -2.87. The number of ether oxygens (including phenoxy) is 1. The second-order valence-electron chi connectivity index (χ2n) is 6.28. The van der Waals surface area contributed by atoms with E-state index in [4.69, 9.17) is 9.15 Å². The summed E-state index contributed by atoms with van der Waals surface area (Å²) in [5.74, 6) is 1.24. The van der Waals surface area contributed by atoms with Crippen LogP contribution in [-0.4, -0.2) is 52.1 Å². The van der Waals surface area contributed by atoms with Crippen molar-refractivity contribution in [2.75, 3.05) is 27.3 Å². The smallest absolute Gasteiger partial charge is 0.294 e. The molecule has 3 heterocycles. The van der Waals surface area contributed by atoms with Gasteiger partial charge in [-0.3, -0.25) is 14.0 Å². The molecule has 0 aliphatic carbocycles. The summed E-state index contributed by atoms with van der Waals surface area (Å²) >= 11 is 0. The predicted molar refractivity (Wildman–Crippen MR) is 96.4 cm³/mol. The van der Waals surface area contributed by atoms with E-state index in [1.54, 1.807) is 38.0 Å². The number of aryl methyl sites for hydroxylation is 2. The fourth-order valence-electron chi connectivity index (χ4n) is 2.89. The van der Waals surface area contributed by atoms with Crippen LogP contribution in [0.5, 0.6) is 0 Å². The van der Waals surface area contributed by atoms with Crippen molar-refractivity contribution < 1.29 is 13.9 Å². The minimum Gasteiger partial charge on any atom is -0.466 e. The molecule has 0 aliphatic rings. The molecule has 0 saturated carbocycles. The number of amides is 1. The van der Waals surface area contributed by atoms with Crippen LogP contribution in [0.1, 0.15) is 22.0 Å². The van der Waals surface area contributed by atoms with E-state index in [0.717, 1.165) is 17.1 Å². The Morgan fingerprint density at radius 1 is 1.35 bits per heavy atom. The summed E-state index contributed by atoms with van der Waals surface area (Å²) in [4.78, 5) is 31.0. The highest BCUT2D eigenvalue weighted by molar-refractivity contribution is 5.92. The maximum Gasteiger partial charge on any atom is 0.294 e. The number of nitrogens with zero attached hydrogens (tertiary/aromatic N) is 4. The van der Waals surface area contributed by atoms with Crippen LogP contribution in [0.4, 0.5) is 0 Å². The van der Waals surface area contributed by atoms with Crippen LogP contribution in [0, 0.1) is 13.8 Å². The quantitative estimate of drug-likeness (QED) is 0.692. The molecule has 3 aromatic rings. The molecule has 8 heteroatoms. The highest BCUT2D eigenvalue weighted by Crippen LogP contribution is 2.25. The summed E-state index contributed by atoms with van der Waals surface area (Å²) < 4.78 is 13.7. The molecular weight excluding hydrogens is 336 g/mol. The summed E-state index contributed by atoms with van der Waals surface area (Å²) in [5, 5.41) is 0. The third-order valence-corrected chi connectivity index (χ3v) is 4.36. The fourth-order valence-corrected chi connectivity index (χ4v) is 2.89. The summed E-state index contributed by atoms with van der Waals surface area (Å²) in [6.07, 6.45) is 3.36. The number of imidazole rings is 1. The molecule has 26 heavy (non-hydrogen) atoms. The SMILES string of the molecule is COCCN(C)C(=O)c1cn2cc(-c3cc(C)oc3C)n(C)c(=O)c2n1. The lowest BCUT2D eigenvalue weighted by molar-refractivity contribution is 0.0739. The first-order chi connectivity index (χ1) is 12.3. The molecular formula is C18H22N4O4. The molecule has 0 saturated heterocycles. The van der Waals surface area contributed by atoms with Gasteiger partial charge < -0.3 is 18.6 Å². The van der Waals surface area contributed by atoms with Crippen molar-refractivity contribution in [1.29, 1.82) is 0 Å². The number of carbonyl (C=O) groups excluding carboxylic acids is 1. The van der Waals surface area contributed by atoms with Gasteiger partial charge in [0.1, 0.15) is 17.2 Å². The van der Waals surface area contributed by atoms with Crippen molar-refractivity contribution in [3.8, 4) is 11.3 Å². The Morgan fingerprint density at radius 3 is 2.69 bits per heavy atom. The molecule has 0 radical (unpaired) electrons. The zero-order chi connectivity index (χ0) is 19.0. The van der Waals surface area contributed by atoms with Gasteiger partial charge in [-0.25, -0.2) is 4.98 Å². The van der Waals surface area contributed by atoms with E-state index in [1.807, 2.05) is 19.9 Å². The molecule has 3 aromatic heterocycles. The molecule has 8 nitrogen and oxygen atoms in total.